The molecule has 0 aliphatic rings. The van der Waals surface area contributed by atoms with Crippen molar-refractivity contribution in [1.82, 2.24) is 0 Å². The van der Waals surface area contributed by atoms with Crippen LogP contribution in [0.4, 0.5) is 0 Å². The van der Waals surface area contributed by atoms with E-state index in [1.54, 1.807) is 0 Å². The van der Waals surface area contributed by atoms with Crippen LogP contribution < -0.4 is 0 Å². The van der Waals surface area contributed by atoms with Gasteiger partial charge in [-0.05, 0) is 81.6 Å². The molecule has 0 atom stereocenters. The van der Waals surface area contributed by atoms with Crippen LogP contribution in [-0.2, 0) is 12.8 Å². The molecule has 0 saturated heterocycles. The van der Waals surface area contributed by atoms with Crippen LogP contribution in [0.15, 0.2) is 69.6 Å². The van der Waals surface area contributed by atoms with Gasteiger partial charge in [0.1, 0.15) is 0 Å². The molecule has 0 N–H and O–H groups in total. The van der Waals surface area contributed by atoms with Crippen molar-refractivity contribution in [1.29, 1.82) is 0 Å². The minimum absolute atomic E-state index is 1.13. The fourth-order valence-electron chi connectivity index (χ4n) is 5.95. The number of unbranched alkanes of at least 4 members (excludes halogenated alkanes) is 10. The van der Waals surface area contributed by atoms with Crippen LogP contribution in [0.5, 0.6) is 0 Å². The molecule has 202 valence electrons. The molecule has 4 aromatic carbocycles. The molecule has 0 aromatic heterocycles. The monoisotopic (exact) mass is 634 g/mol. The maximum atomic E-state index is 3.94. The molecule has 4 aromatic rings. The second kappa shape index (κ2) is 15.2. The highest BCUT2D eigenvalue weighted by Gasteiger charge is 2.19. The van der Waals surface area contributed by atoms with Gasteiger partial charge in [0.05, 0.1) is 0 Å². The average molecular weight is 637 g/mol. The van der Waals surface area contributed by atoms with E-state index in [-0.39, 0.29) is 0 Å². The molecule has 0 spiro atoms. The summed E-state index contributed by atoms with van der Waals surface area (Å²) >= 11 is 7.88. The van der Waals surface area contributed by atoms with Crippen LogP contribution in [0.1, 0.15) is 102 Å². The Morgan fingerprint density at radius 1 is 0.447 bits per heavy atom. The van der Waals surface area contributed by atoms with E-state index in [9.17, 15) is 0 Å². The minimum Gasteiger partial charge on any atom is -0.0654 e. The lowest BCUT2D eigenvalue weighted by Gasteiger charge is -2.21. The van der Waals surface area contributed by atoms with Gasteiger partial charge in [-0.1, -0.05) is 158 Å². The molecule has 0 radical (unpaired) electrons. The van der Waals surface area contributed by atoms with E-state index in [2.05, 4.69) is 106 Å². The average Bonchev–Trinajstić information content (AvgIpc) is 2.94. The molecule has 0 saturated carbocycles. The van der Waals surface area contributed by atoms with Gasteiger partial charge < -0.3 is 0 Å². The van der Waals surface area contributed by atoms with E-state index in [4.69, 9.17) is 0 Å². The van der Waals surface area contributed by atoms with Crippen molar-refractivity contribution in [2.75, 3.05) is 0 Å². The second-order valence-electron chi connectivity index (χ2n) is 10.9. The molecule has 0 bridgehead atoms. The summed E-state index contributed by atoms with van der Waals surface area (Å²) in [5.74, 6) is 0. The summed E-state index contributed by atoms with van der Waals surface area (Å²) in [7, 11) is 0. The first-order chi connectivity index (χ1) is 18.7. The molecular formula is C36H44Br2. The number of aryl methyl sites for hydroxylation is 2. The third kappa shape index (κ3) is 7.30. The van der Waals surface area contributed by atoms with E-state index in [0.717, 1.165) is 12.8 Å². The van der Waals surface area contributed by atoms with Crippen LogP contribution in [-0.4, -0.2) is 0 Å². The summed E-state index contributed by atoms with van der Waals surface area (Å²) in [4.78, 5) is 0. The lowest BCUT2D eigenvalue weighted by molar-refractivity contribution is 0.607. The van der Waals surface area contributed by atoms with Crippen molar-refractivity contribution >= 4 is 53.4 Å². The van der Waals surface area contributed by atoms with Gasteiger partial charge in [-0.15, -0.1) is 0 Å². The van der Waals surface area contributed by atoms with Crippen LogP contribution >= 0.6 is 31.9 Å². The zero-order valence-corrected chi connectivity index (χ0v) is 26.6. The molecule has 4 rings (SSSR count). The maximum absolute atomic E-state index is 3.94. The number of benzene rings is 4. The summed E-state index contributed by atoms with van der Waals surface area (Å²) in [5, 5.41) is 5.37. The zero-order valence-electron chi connectivity index (χ0n) is 23.4. The van der Waals surface area contributed by atoms with Gasteiger partial charge in [-0.25, -0.2) is 0 Å². The summed E-state index contributed by atoms with van der Waals surface area (Å²) in [5.41, 5.74) is 5.90. The predicted molar refractivity (Wildman–Crippen MR) is 176 cm³/mol. The SMILES string of the molecule is CCCCCCCCc1cc(Br)c2ccccc2c1-c1c(CCCCCCCC)cc(Br)c2ccccc12. The fourth-order valence-corrected chi connectivity index (χ4v) is 7.19. The first kappa shape index (κ1) is 29.3. The largest absolute Gasteiger partial charge is 0.0654 e. The van der Waals surface area contributed by atoms with Crippen molar-refractivity contribution in [3.05, 3.63) is 80.7 Å². The lowest BCUT2D eigenvalue weighted by atomic mass is 9.84. The zero-order chi connectivity index (χ0) is 26.7. The van der Waals surface area contributed by atoms with E-state index < -0.39 is 0 Å². The van der Waals surface area contributed by atoms with Gasteiger partial charge in [-0.2, -0.15) is 0 Å². The number of fused-ring (bicyclic) bond motifs is 2. The number of hydrogen-bond acceptors (Lipinski definition) is 0. The topological polar surface area (TPSA) is 0 Å². The van der Waals surface area contributed by atoms with Gasteiger partial charge in [0.15, 0.2) is 0 Å². The molecular weight excluding hydrogens is 592 g/mol. The van der Waals surface area contributed by atoms with Crippen molar-refractivity contribution < 1.29 is 0 Å². The van der Waals surface area contributed by atoms with E-state index >= 15 is 0 Å². The highest BCUT2D eigenvalue weighted by molar-refractivity contribution is 9.11. The Morgan fingerprint density at radius 3 is 1.18 bits per heavy atom. The van der Waals surface area contributed by atoms with E-state index in [0.29, 0.717) is 0 Å². The highest BCUT2D eigenvalue weighted by atomic mass is 79.9. The summed E-state index contributed by atoms with van der Waals surface area (Å²) in [6, 6.07) is 22.8. The van der Waals surface area contributed by atoms with Crippen LogP contribution in [0.3, 0.4) is 0 Å². The molecule has 38 heavy (non-hydrogen) atoms. The number of hydrogen-bond donors (Lipinski definition) is 0. The molecule has 0 nitrogen and oxygen atoms in total. The third-order valence-electron chi connectivity index (χ3n) is 8.00. The van der Waals surface area contributed by atoms with Crippen molar-refractivity contribution in [2.24, 2.45) is 0 Å². The van der Waals surface area contributed by atoms with Gasteiger partial charge in [-0.3, -0.25) is 0 Å². The molecule has 0 heterocycles. The van der Waals surface area contributed by atoms with Crippen molar-refractivity contribution in [3.63, 3.8) is 0 Å². The van der Waals surface area contributed by atoms with Gasteiger partial charge in [0, 0.05) is 8.95 Å². The maximum Gasteiger partial charge on any atom is 0.0256 e. The molecule has 0 aliphatic heterocycles. The minimum atomic E-state index is 1.13. The predicted octanol–water partition coefficient (Wildman–Crippen LogP) is 13.0. The smallest absolute Gasteiger partial charge is 0.0256 e. The molecule has 0 amide bonds. The first-order valence-electron chi connectivity index (χ1n) is 15.1. The first-order valence-corrected chi connectivity index (χ1v) is 16.6. The third-order valence-corrected chi connectivity index (χ3v) is 9.31. The van der Waals surface area contributed by atoms with Gasteiger partial charge in [0.2, 0.25) is 0 Å². The fraction of sp³-hybridized carbons (Fsp3) is 0.444. The Labute approximate surface area is 247 Å². The van der Waals surface area contributed by atoms with E-state index in [1.165, 1.54) is 130 Å². The van der Waals surface area contributed by atoms with Crippen LogP contribution in [0, 0.1) is 0 Å². The second-order valence-corrected chi connectivity index (χ2v) is 12.6. The quantitative estimate of drug-likeness (QED) is 0.114. The van der Waals surface area contributed by atoms with Gasteiger partial charge in [0.25, 0.3) is 0 Å². The van der Waals surface area contributed by atoms with Crippen molar-refractivity contribution in [3.8, 4) is 11.1 Å². The Hall–Kier alpha value is -1.64. The van der Waals surface area contributed by atoms with Crippen LogP contribution in [0.2, 0.25) is 0 Å². The van der Waals surface area contributed by atoms with Crippen LogP contribution in [0.25, 0.3) is 32.7 Å². The standard InChI is InChI=1S/C36H44Br2/c1-3-5-7-9-11-13-19-27-25-33(37)29-21-15-17-23-31(29)35(27)36-28(20-14-12-10-8-6-4-2)26-34(38)30-22-16-18-24-32(30)36/h15-18,21-26H,3-14,19-20H2,1-2H3. The Morgan fingerprint density at radius 2 is 0.789 bits per heavy atom. The van der Waals surface area contributed by atoms with Gasteiger partial charge >= 0.3 is 0 Å². The summed E-state index contributed by atoms with van der Waals surface area (Å²) in [6.45, 7) is 4.59. The molecule has 0 unspecified atom stereocenters. The Kier molecular flexibility index (Phi) is 11.8. The number of halogens is 2. The molecule has 2 heteroatoms. The van der Waals surface area contributed by atoms with Crippen molar-refractivity contribution in [2.45, 2.75) is 104 Å². The molecule has 0 fully saturated rings. The normalized spacial score (nSPS) is 11.6. The summed E-state index contributed by atoms with van der Waals surface area (Å²) in [6.07, 6.45) is 18.2. The number of rotatable bonds is 15. The van der Waals surface area contributed by atoms with E-state index in [1.807, 2.05) is 0 Å². The Balaban J connectivity index is 1.79. The Bertz CT molecular complexity index is 1220. The summed E-state index contributed by atoms with van der Waals surface area (Å²) < 4.78 is 2.44. The highest BCUT2D eigenvalue weighted by Crippen LogP contribution is 2.44. The molecule has 0 aliphatic carbocycles. The lowest BCUT2D eigenvalue weighted by Crippen LogP contribution is -2.00.